The van der Waals surface area contributed by atoms with Gasteiger partial charge in [-0.25, -0.2) is 12.8 Å². The molecule has 26 heavy (non-hydrogen) atoms. The molecule has 1 aromatic rings. The van der Waals surface area contributed by atoms with E-state index in [-0.39, 0.29) is 27.1 Å². The van der Waals surface area contributed by atoms with Crippen molar-refractivity contribution in [3.63, 3.8) is 0 Å². The largest absolute Gasteiger partial charge is 0.347 e. The molecule has 0 radical (unpaired) electrons. The Morgan fingerprint density at radius 2 is 2.15 bits per heavy atom. The zero-order valence-corrected chi connectivity index (χ0v) is 15.7. The molecule has 6 nitrogen and oxygen atoms in total. The third-order valence-electron chi connectivity index (χ3n) is 3.64. The molecule has 0 bridgehead atoms. The van der Waals surface area contributed by atoms with Crippen LogP contribution in [0.5, 0.6) is 0 Å². The van der Waals surface area contributed by atoms with E-state index >= 15 is 0 Å². The normalized spacial score (nSPS) is 23.0. The Hall–Kier alpha value is -2.04. The molecule has 136 valence electrons. The van der Waals surface area contributed by atoms with Gasteiger partial charge in [-0.15, -0.1) is 0 Å². The fraction of sp³-hybridized carbons (Fsp3) is 0.188. The van der Waals surface area contributed by atoms with Crippen LogP contribution >= 0.6 is 24.0 Å². The van der Waals surface area contributed by atoms with Crippen molar-refractivity contribution in [1.29, 1.82) is 0 Å². The van der Waals surface area contributed by atoms with Gasteiger partial charge in [0.15, 0.2) is 9.84 Å². The second-order valence-corrected chi connectivity index (χ2v) is 9.23. The first kappa shape index (κ1) is 18.7. The Morgan fingerprint density at radius 1 is 1.42 bits per heavy atom. The van der Waals surface area contributed by atoms with Gasteiger partial charge in [-0.1, -0.05) is 42.2 Å². The van der Waals surface area contributed by atoms with E-state index in [4.69, 9.17) is 12.2 Å². The SMILES string of the molecule is O=C(CN1C(=O)/C(=C\c2ccccc2F)SC1=S)N[C@H]1C=CS(=O)(=O)C1. The smallest absolute Gasteiger partial charge is 0.266 e. The minimum Gasteiger partial charge on any atom is -0.347 e. The average molecular weight is 412 g/mol. The molecule has 2 aliphatic rings. The maximum Gasteiger partial charge on any atom is 0.266 e. The molecule has 1 saturated heterocycles. The van der Waals surface area contributed by atoms with Crippen molar-refractivity contribution >= 4 is 56.0 Å². The Labute approximate surface area is 159 Å². The minimum atomic E-state index is -3.29. The van der Waals surface area contributed by atoms with E-state index in [2.05, 4.69) is 5.32 Å². The summed E-state index contributed by atoms with van der Waals surface area (Å²) in [6.07, 6.45) is 2.77. The lowest BCUT2D eigenvalue weighted by molar-refractivity contribution is -0.128. The van der Waals surface area contributed by atoms with E-state index in [0.717, 1.165) is 22.1 Å². The summed E-state index contributed by atoms with van der Waals surface area (Å²) in [7, 11) is -3.29. The van der Waals surface area contributed by atoms with E-state index < -0.39 is 33.5 Å². The lowest BCUT2D eigenvalue weighted by atomic mass is 10.2. The summed E-state index contributed by atoms with van der Waals surface area (Å²) >= 11 is 6.11. The number of sulfone groups is 1. The molecule has 1 N–H and O–H groups in total. The highest BCUT2D eigenvalue weighted by Gasteiger charge is 2.34. The maximum absolute atomic E-state index is 13.7. The first-order valence-electron chi connectivity index (χ1n) is 7.45. The van der Waals surface area contributed by atoms with Crippen molar-refractivity contribution in [3.05, 3.63) is 52.0 Å². The molecule has 0 spiro atoms. The van der Waals surface area contributed by atoms with Crippen molar-refractivity contribution in [1.82, 2.24) is 10.2 Å². The first-order chi connectivity index (χ1) is 12.2. The van der Waals surface area contributed by atoms with Crippen LogP contribution < -0.4 is 5.32 Å². The summed E-state index contributed by atoms with van der Waals surface area (Å²) in [4.78, 5) is 25.9. The molecular formula is C16H13FN2O4S3. The van der Waals surface area contributed by atoms with Gasteiger partial charge in [0.1, 0.15) is 16.7 Å². The van der Waals surface area contributed by atoms with Gasteiger partial charge in [0, 0.05) is 11.0 Å². The predicted molar refractivity (Wildman–Crippen MR) is 101 cm³/mol. The van der Waals surface area contributed by atoms with E-state index in [1.165, 1.54) is 24.3 Å². The fourth-order valence-electron chi connectivity index (χ4n) is 2.43. The van der Waals surface area contributed by atoms with Gasteiger partial charge in [-0.2, -0.15) is 0 Å². The van der Waals surface area contributed by atoms with Crippen molar-refractivity contribution in [2.24, 2.45) is 0 Å². The molecule has 2 heterocycles. The van der Waals surface area contributed by atoms with E-state index in [1.807, 2.05) is 0 Å². The maximum atomic E-state index is 13.7. The quantitative estimate of drug-likeness (QED) is 0.595. The highest BCUT2D eigenvalue weighted by Crippen LogP contribution is 2.32. The number of benzene rings is 1. The number of thioether (sulfide) groups is 1. The summed E-state index contributed by atoms with van der Waals surface area (Å²) in [6, 6.07) is 5.37. The highest BCUT2D eigenvalue weighted by atomic mass is 32.2. The molecule has 0 aliphatic carbocycles. The van der Waals surface area contributed by atoms with Gasteiger partial charge in [0.05, 0.1) is 16.7 Å². The number of hydrogen-bond acceptors (Lipinski definition) is 6. The molecule has 0 saturated carbocycles. The third kappa shape index (κ3) is 4.19. The van der Waals surface area contributed by atoms with E-state index in [9.17, 15) is 22.4 Å². The van der Waals surface area contributed by atoms with Crippen LogP contribution in [0, 0.1) is 5.82 Å². The third-order valence-corrected chi connectivity index (χ3v) is 6.42. The number of nitrogens with zero attached hydrogens (tertiary/aromatic N) is 1. The van der Waals surface area contributed by atoms with E-state index in [0.29, 0.717) is 0 Å². The molecule has 3 rings (SSSR count). The summed E-state index contributed by atoms with van der Waals surface area (Å²) < 4.78 is 36.6. The van der Waals surface area contributed by atoms with Crippen molar-refractivity contribution in [2.45, 2.75) is 6.04 Å². The molecule has 2 amide bonds. The van der Waals surface area contributed by atoms with Gasteiger partial charge in [0.25, 0.3) is 5.91 Å². The van der Waals surface area contributed by atoms with Crippen LogP contribution in [0.15, 0.2) is 40.7 Å². The van der Waals surface area contributed by atoms with Gasteiger partial charge in [-0.3, -0.25) is 14.5 Å². The van der Waals surface area contributed by atoms with Crippen LogP contribution in [0.25, 0.3) is 6.08 Å². The van der Waals surface area contributed by atoms with Gasteiger partial charge >= 0.3 is 0 Å². The Kier molecular flexibility index (Phi) is 5.26. The van der Waals surface area contributed by atoms with Crippen LogP contribution in [-0.4, -0.2) is 47.8 Å². The number of amides is 2. The lowest BCUT2D eigenvalue weighted by Crippen LogP contribution is -2.43. The molecule has 0 aromatic heterocycles. The number of thiocarbonyl (C=S) groups is 1. The monoisotopic (exact) mass is 412 g/mol. The topological polar surface area (TPSA) is 83.6 Å². The van der Waals surface area contributed by atoms with Crippen LogP contribution in [-0.2, 0) is 19.4 Å². The molecule has 1 aromatic carbocycles. The standard InChI is InChI=1S/C16H13FN2O4S3/c17-12-4-2-1-3-10(12)7-13-15(21)19(16(24)25-13)8-14(20)18-11-5-6-26(22,23)9-11/h1-7,11H,8-9H2,(H,18,20)/b13-7+/t11-/m0/s1. The van der Waals surface area contributed by atoms with Gasteiger partial charge < -0.3 is 5.32 Å². The number of halogens is 1. The summed E-state index contributed by atoms with van der Waals surface area (Å²) in [5, 5.41) is 3.58. The van der Waals surface area contributed by atoms with Gasteiger partial charge in [-0.05, 0) is 18.2 Å². The average Bonchev–Trinajstić information content (AvgIpc) is 3.03. The number of carbonyl (C=O) groups excluding carboxylic acids is 2. The van der Waals surface area contributed by atoms with Crippen LogP contribution in [0.4, 0.5) is 4.39 Å². The summed E-state index contributed by atoms with van der Waals surface area (Å²) in [5.41, 5.74) is 0.249. The second kappa shape index (κ2) is 7.29. The molecule has 10 heteroatoms. The number of hydrogen-bond donors (Lipinski definition) is 1. The van der Waals surface area contributed by atoms with Crippen LogP contribution in [0.3, 0.4) is 0 Å². The first-order valence-corrected chi connectivity index (χ1v) is 10.4. The van der Waals surface area contributed by atoms with Crippen LogP contribution in [0.1, 0.15) is 5.56 Å². The Balaban J connectivity index is 1.67. The zero-order chi connectivity index (χ0) is 18.9. The number of nitrogens with one attached hydrogen (secondary N) is 1. The van der Waals surface area contributed by atoms with Crippen molar-refractivity contribution in [2.75, 3.05) is 12.3 Å². The molecule has 1 fully saturated rings. The Bertz CT molecular complexity index is 956. The molecular weight excluding hydrogens is 399 g/mol. The van der Waals surface area contributed by atoms with E-state index in [1.54, 1.807) is 12.1 Å². The summed E-state index contributed by atoms with van der Waals surface area (Å²) in [6.45, 7) is -0.330. The highest BCUT2D eigenvalue weighted by molar-refractivity contribution is 8.26. The molecule has 0 unspecified atom stereocenters. The van der Waals surface area contributed by atoms with Crippen LogP contribution in [0.2, 0.25) is 0 Å². The predicted octanol–water partition coefficient (Wildman–Crippen LogP) is 1.45. The van der Waals surface area contributed by atoms with Crippen molar-refractivity contribution in [3.8, 4) is 0 Å². The summed E-state index contributed by atoms with van der Waals surface area (Å²) in [5.74, 6) is -1.69. The molecule has 2 aliphatic heterocycles. The number of rotatable bonds is 4. The minimum absolute atomic E-state index is 0.183. The second-order valence-electron chi connectivity index (χ2n) is 5.62. The zero-order valence-electron chi connectivity index (χ0n) is 13.2. The fourth-order valence-corrected chi connectivity index (χ4v) is 4.91. The number of carbonyl (C=O) groups is 2. The lowest BCUT2D eigenvalue weighted by Gasteiger charge is -2.16. The molecule has 1 atom stereocenters. The van der Waals surface area contributed by atoms with Crippen molar-refractivity contribution < 1.29 is 22.4 Å². The van der Waals surface area contributed by atoms with Gasteiger partial charge in [0.2, 0.25) is 5.91 Å². The Morgan fingerprint density at radius 3 is 2.81 bits per heavy atom.